The topological polar surface area (TPSA) is 105 Å². The highest BCUT2D eigenvalue weighted by atomic mass is 16.3. The second kappa shape index (κ2) is 7.23. The number of aliphatic hydroxyl groups excluding tert-OH is 2. The summed E-state index contributed by atoms with van der Waals surface area (Å²) in [5, 5.41) is 21.2. The Labute approximate surface area is 79.1 Å². The molecule has 0 bridgehead atoms. The summed E-state index contributed by atoms with van der Waals surface area (Å²) in [6.07, 6.45) is 0.480. The maximum absolute atomic E-state index is 9.27. The number of rotatable bonds is 7. The molecular formula is C8H21N3O2. The van der Waals surface area contributed by atoms with Crippen molar-refractivity contribution in [2.45, 2.75) is 44.7 Å². The minimum atomic E-state index is -0.951. The minimum Gasteiger partial charge on any atom is -0.379 e. The molecule has 13 heavy (non-hydrogen) atoms. The quantitative estimate of drug-likeness (QED) is 0.321. The average Bonchev–Trinajstić information content (AvgIpc) is 2.11. The normalized spacial score (nSPS) is 18.2. The number of hydrogen-bond donors (Lipinski definition) is 5. The largest absolute Gasteiger partial charge is 0.379 e. The van der Waals surface area contributed by atoms with Crippen molar-refractivity contribution in [2.24, 2.45) is 11.5 Å². The van der Waals surface area contributed by atoms with Gasteiger partial charge in [-0.25, -0.2) is 0 Å². The second-order valence-corrected chi connectivity index (χ2v) is 3.12. The van der Waals surface area contributed by atoms with Crippen molar-refractivity contribution < 1.29 is 10.2 Å². The second-order valence-electron chi connectivity index (χ2n) is 3.12. The third-order valence-corrected chi connectivity index (χ3v) is 1.92. The summed E-state index contributed by atoms with van der Waals surface area (Å²) in [6.45, 7) is 2.41. The maximum atomic E-state index is 9.27. The Morgan fingerprint density at radius 2 is 2.00 bits per heavy atom. The molecule has 0 rings (SSSR count). The van der Waals surface area contributed by atoms with Gasteiger partial charge in [0.15, 0.2) is 0 Å². The molecule has 0 aliphatic rings. The van der Waals surface area contributed by atoms with E-state index in [0.717, 1.165) is 6.42 Å². The molecular weight excluding hydrogens is 170 g/mol. The van der Waals surface area contributed by atoms with Crippen LogP contribution >= 0.6 is 0 Å². The molecule has 0 fully saturated rings. The Bertz CT molecular complexity index is 122. The highest BCUT2D eigenvalue weighted by molar-refractivity contribution is 4.72. The molecule has 3 unspecified atom stereocenters. The van der Waals surface area contributed by atoms with Crippen molar-refractivity contribution in [1.82, 2.24) is 5.32 Å². The van der Waals surface area contributed by atoms with Gasteiger partial charge in [-0.15, -0.1) is 0 Å². The van der Waals surface area contributed by atoms with Gasteiger partial charge in [-0.05, 0) is 25.8 Å². The first-order valence-electron chi connectivity index (χ1n) is 4.69. The van der Waals surface area contributed by atoms with Crippen LogP contribution in [0.5, 0.6) is 0 Å². The van der Waals surface area contributed by atoms with E-state index in [9.17, 15) is 5.11 Å². The summed E-state index contributed by atoms with van der Waals surface area (Å²) >= 11 is 0. The van der Waals surface area contributed by atoms with E-state index in [0.29, 0.717) is 19.4 Å². The van der Waals surface area contributed by atoms with E-state index in [-0.39, 0.29) is 6.04 Å². The summed E-state index contributed by atoms with van der Waals surface area (Å²) in [6, 6.07) is -0.279. The van der Waals surface area contributed by atoms with Crippen molar-refractivity contribution in [2.75, 3.05) is 6.54 Å². The van der Waals surface area contributed by atoms with Gasteiger partial charge in [0.1, 0.15) is 12.5 Å². The fourth-order valence-corrected chi connectivity index (χ4v) is 1.06. The number of nitrogens with two attached hydrogens (primary N) is 2. The van der Waals surface area contributed by atoms with Crippen LogP contribution < -0.4 is 16.8 Å². The predicted molar refractivity (Wildman–Crippen MR) is 51.7 cm³/mol. The lowest BCUT2D eigenvalue weighted by Crippen LogP contribution is -2.49. The molecule has 0 amide bonds. The number of aliphatic hydroxyl groups is 2. The molecule has 0 spiro atoms. The van der Waals surface area contributed by atoms with E-state index in [1.165, 1.54) is 0 Å². The molecule has 0 aliphatic heterocycles. The molecule has 0 aromatic rings. The summed E-state index contributed by atoms with van der Waals surface area (Å²) in [5.74, 6) is 0. The molecule has 5 heteroatoms. The molecule has 0 saturated carbocycles. The zero-order chi connectivity index (χ0) is 10.3. The number of nitrogens with one attached hydrogen (secondary N) is 1. The maximum Gasteiger partial charge on any atom is 0.117 e. The predicted octanol–water partition coefficient (Wildman–Crippen LogP) is -1.31. The number of hydrogen-bond acceptors (Lipinski definition) is 5. The van der Waals surface area contributed by atoms with Crippen LogP contribution in [-0.4, -0.2) is 35.3 Å². The Morgan fingerprint density at radius 3 is 2.38 bits per heavy atom. The zero-order valence-corrected chi connectivity index (χ0v) is 8.11. The minimum absolute atomic E-state index is 0.279. The lowest BCUT2D eigenvalue weighted by Gasteiger charge is -2.23. The first-order chi connectivity index (χ1) is 6.11. The van der Waals surface area contributed by atoms with Gasteiger partial charge in [0.2, 0.25) is 0 Å². The first kappa shape index (κ1) is 12.8. The smallest absolute Gasteiger partial charge is 0.117 e. The molecule has 3 atom stereocenters. The van der Waals surface area contributed by atoms with Gasteiger partial charge < -0.3 is 21.7 Å². The van der Waals surface area contributed by atoms with E-state index in [2.05, 4.69) is 5.32 Å². The summed E-state index contributed by atoms with van der Waals surface area (Å²) in [4.78, 5) is 0. The van der Waals surface area contributed by atoms with Gasteiger partial charge in [-0.3, -0.25) is 5.32 Å². The molecule has 5 nitrogen and oxygen atoms in total. The molecule has 0 saturated heterocycles. The first-order valence-corrected chi connectivity index (χ1v) is 4.69. The summed E-state index contributed by atoms with van der Waals surface area (Å²) < 4.78 is 0. The Morgan fingerprint density at radius 1 is 1.38 bits per heavy atom. The van der Waals surface area contributed by atoms with E-state index in [4.69, 9.17) is 16.6 Å². The Kier molecular flexibility index (Phi) is 7.12. The van der Waals surface area contributed by atoms with Gasteiger partial charge in [-0.2, -0.15) is 0 Å². The van der Waals surface area contributed by atoms with E-state index >= 15 is 0 Å². The monoisotopic (exact) mass is 191 g/mol. The zero-order valence-electron chi connectivity index (χ0n) is 8.11. The fraction of sp³-hybridized carbons (Fsp3) is 1.00. The van der Waals surface area contributed by atoms with Crippen LogP contribution in [0.3, 0.4) is 0 Å². The van der Waals surface area contributed by atoms with Crippen molar-refractivity contribution in [3.63, 3.8) is 0 Å². The molecule has 7 N–H and O–H groups in total. The highest BCUT2D eigenvalue weighted by Gasteiger charge is 2.16. The van der Waals surface area contributed by atoms with Crippen LogP contribution in [0.2, 0.25) is 0 Å². The molecule has 0 aliphatic carbocycles. The van der Waals surface area contributed by atoms with E-state index in [1.54, 1.807) is 0 Å². The fourth-order valence-electron chi connectivity index (χ4n) is 1.06. The Hall–Kier alpha value is -0.200. The lowest BCUT2D eigenvalue weighted by molar-refractivity contribution is 0.0623. The van der Waals surface area contributed by atoms with Crippen LogP contribution in [0.4, 0.5) is 0 Å². The van der Waals surface area contributed by atoms with Gasteiger partial charge in [-0.1, -0.05) is 6.92 Å². The van der Waals surface area contributed by atoms with Crippen molar-refractivity contribution >= 4 is 0 Å². The third kappa shape index (κ3) is 5.95. The summed E-state index contributed by atoms with van der Waals surface area (Å²) in [5.41, 5.74) is 10.6. The van der Waals surface area contributed by atoms with Crippen molar-refractivity contribution in [3.8, 4) is 0 Å². The van der Waals surface area contributed by atoms with Gasteiger partial charge in [0.25, 0.3) is 0 Å². The standard InChI is InChI=1S/C8H21N3O2/c1-2-7(12)11-6(8(10)13)4-3-5-9/h6-8,11-13H,2-5,9-10H2,1H3. The van der Waals surface area contributed by atoms with Crippen LogP contribution in [-0.2, 0) is 0 Å². The molecule has 80 valence electrons. The third-order valence-electron chi connectivity index (χ3n) is 1.92. The summed E-state index contributed by atoms with van der Waals surface area (Å²) in [7, 11) is 0. The van der Waals surface area contributed by atoms with Crippen LogP contribution in [0.1, 0.15) is 26.2 Å². The van der Waals surface area contributed by atoms with Gasteiger partial charge >= 0.3 is 0 Å². The molecule has 0 heterocycles. The molecule has 0 aromatic heterocycles. The highest BCUT2D eigenvalue weighted by Crippen LogP contribution is 2.00. The Balaban J connectivity index is 3.79. The van der Waals surface area contributed by atoms with Crippen LogP contribution in [0.15, 0.2) is 0 Å². The van der Waals surface area contributed by atoms with Crippen LogP contribution in [0.25, 0.3) is 0 Å². The van der Waals surface area contributed by atoms with E-state index in [1.807, 2.05) is 6.92 Å². The molecule has 0 aromatic carbocycles. The van der Waals surface area contributed by atoms with Crippen molar-refractivity contribution in [1.29, 1.82) is 0 Å². The average molecular weight is 191 g/mol. The van der Waals surface area contributed by atoms with Crippen LogP contribution in [0, 0.1) is 0 Å². The van der Waals surface area contributed by atoms with Gasteiger partial charge in [0, 0.05) is 6.04 Å². The molecule has 0 radical (unpaired) electrons. The van der Waals surface area contributed by atoms with Gasteiger partial charge in [0.05, 0.1) is 0 Å². The SMILES string of the molecule is CCC(O)NC(CCCN)C(N)O. The van der Waals surface area contributed by atoms with E-state index < -0.39 is 12.5 Å². The van der Waals surface area contributed by atoms with Crippen molar-refractivity contribution in [3.05, 3.63) is 0 Å². The lowest BCUT2D eigenvalue weighted by atomic mass is 10.1.